The number of carbonyl (C=O) groups excluding carboxylic acids is 2. The van der Waals surface area contributed by atoms with Gasteiger partial charge < -0.3 is 0 Å². The largest absolute Gasteiger partial charge is 0.501 e. The van der Waals surface area contributed by atoms with Gasteiger partial charge in [-0.3, -0.25) is 0 Å². The molecule has 0 radical (unpaired) electrons. The molecule has 0 saturated heterocycles. The van der Waals surface area contributed by atoms with Crippen LogP contribution in [0.25, 0.3) is 0 Å². The van der Waals surface area contributed by atoms with E-state index < -0.39 is 33.4 Å². The first-order chi connectivity index (χ1) is 13.1. The van der Waals surface area contributed by atoms with E-state index in [1.165, 1.54) is 28.1 Å². The fourth-order valence-corrected chi connectivity index (χ4v) is 5.60. The lowest BCUT2D eigenvalue weighted by molar-refractivity contribution is -0.406. The number of fused-ring (bicyclic) bond motifs is 1. The van der Waals surface area contributed by atoms with Crippen molar-refractivity contribution in [1.29, 1.82) is 0 Å². The van der Waals surface area contributed by atoms with Crippen LogP contribution in [0, 0.1) is 12.8 Å². The summed E-state index contributed by atoms with van der Waals surface area (Å²) in [7, 11) is -2.14. The first-order valence-electron chi connectivity index (χ1n) is 8.91. The number of aryl methyl sites for hydroxylation is 1. The Hall–Kier alpha value is -2.17. The number of aromatic nitrogens is 1. The Balaban J connectivity index is 1.66. The van der Waals surface area contributed by atoms with Crippen LogP contribution in [0.4, 0.5) is 4.79 Å². The molecule has 1 atom stereocenters. The Kier molecular flexibility index (Phi) is 4.40. The van der Waals surface area contributed by atoms with Crippen molar-refractivity contribution in [3.05, 3.63) is 39.2 Å². The molecule has 2 aliphatic carbocycles. The van der Waals surface area contributed by atoms with Crippen LogP contribution in [-0.2, 0) is 21.4 Å². The molecule has 148 valence electrons. The van der Waals surface area contributed by atoms with Gasteiger partial charge in [0.15, 0.2) is 0 Å². The molecular weight excluding hydrogens is 400 g/mol. The highest BCUT2D eigenvalue weighted by atomic mass is 32.2. The monoisotopic (exact) mass is 421 g/mol. The summed E-state index contributed by atoms with van der Waals surface area (Å²) < 4.78 is 29.5. The van der Waals surface area contributed by atoms with E-state index in [-0.39, 0.29) is 11.4 Å². The second-order valence-electron chi connectivity index (χ2n) is 7.58. The number of urea groups is 1. The van der Waals surface area contributed by atoms with Gasteiger partial charge in [0.25, 0.3) is 0 Å². The minimum atomic E-state index is -3.73. The Morgan fingerprint density at radius 3 is 2.68 bits per heavy atom. The number of amides is 3. The maximum absolute atomic E-state index is 13.0. The average molecular weight is 422 g/mol. The molecule has 0 bridgehead atoms. The van der Waals surface area contributed by atoms with E-state index in [1.54, 1.807) is 19.3 Å². The molecule has 2 heterocycles. The number of rotatable bonds is 5. The molecule has 10 heteroatoms. The van der Waals surface area contributed by atoms with Crippen molar-refractivity contribution >= 4 is 39.0 Å². The fraction of sp³-hybridized carbons (Fsp3) is 0.444. The van der Waals surface area contributed by atoms with Crippen molar-refractivity contribution < 1.29 is 22.6 Å². The summed E-state index contributed by atoms with van der Waals surface area (Å²) in [5, 5.41) is 0.848. The second kappa shape index (κ2) is 6.43. The summed E-state index contributed by atoms with van der Waals surface area (Å²) >= 11 is 1.42. The molecule has 1 fully saturated rings. The molecule has 1 saturated carbocycles. The zero-order valence-electron chi connectivity index (χ0n) is 15.8. The number of nitrogens with zero attached hydrogens (tertiary/aromatic N) is 3. The van der Waals surface area contributed by atoms with Gasteiger partial charge in [0.1, 0.15) is 18.2 Å². The third-order valence-electron chi connectivity index (χ3n) is 5.18. The van der Waals surface area contributed by atoms with E-state index in [0.29, 0.717) is 5.71 Å². The predicted molar refractivity (Wildman–Crippen MR) is 104 cm³/mol. The Morgan fingerprint density at radius 1 is 1.36 bits per heavy atom. The highest BCUT2D eigenvalue weighted by Gasteiger charge is 2.48. The van der Waals surface area contributed by atoms with Gasteiger partial charge >= 0.3 is 11.9 Å². The molecule has 1 N–H and O–H groups in total. The first kappa shape index (κ1) is 19.2. The van der Waals surface area contributed by atoms with Gasteiger partial charge in [-0.15, -0.1) is 11.3 Å². The SMILES string of the molecule is Cc1ncc(CN2C(=O)C3C=C(S(=O)(=O)NC4(C)CC4)C=CC3=[N+](C)C2=O)s1. The molecule has 1 aromatic heterocycles. The van der Waals surface area contributed by atoms with Gasteiger partial charge in [-0.2, -0.15) is 14.3 Å². The number of allylic oxidation sites excluding steroid dienone is 2. The number of imide groups is 1. The van der Waals surface area contributed by atoms with E-state index >= 15 is 0 Å². The normalized spacial score (nSPS) is 23.8. The second-order valence-corrected chi connectivity index (χ2v) is 10.6. The zero-order chi connectivity index (χ0) is 20.3. The topological polar surface area (TPSA) is 99.5 Å². The lowest BCUT2D eigenvalue weighted by Crippen LogP contribution is -2.53. The van der Waals surface area contributed by atoms with Gasteiger partial charge in [-0.1, -0.05) is 0 Å². The molecule has 0 aromatic carbocycles. The fourth-order valence-electron chi connectivity index (χ4n) is 3.28. The average Bonchev–Trinajstić information content (AvgIpc) is 3.20. The van der Waals surface area contributed by atoms with Crippen LogP contribution < -0.4 is 4.72 Å². The lowest BCUT2D eigenvalue weighted by atomic mass is 9.94. The van der Waals surface area contributed by atoms with Gasteiger partial charge in [-0.05, 0) is 44.9 Å². The highest BCUT2D eigenvalue weighted by molar-refractivity contribution is 7.93. The molecule has 0 spiro atoms. The summed E-state index contributed by atoms with van der Waals surface area (Å²) in [6, 6.07) is -0.435. The van der Waals surface area contributed by atoms with E-state index in [4.69, 9.17) is 0 Å². The summed E-state index contributed by atoms with van der Waals surface area (Å²) in [6.45, 7) is 3.82. The summed E-state index contributed by atoms with van der Waals surface area (Å²) in [6.07, 6.45) is 7.65. The summed E-state index contributed by atoms with van der Waals surface area (Å²) in [5.74, 6) is -1.25. The first-order valence-corrected chi connectivity index (χ1v) is 11.2. The number of thiazole rings is 1. The minimum Gasteiger partial charge on any atom is -0.250 e. The van der Waals surface area contributed by atoms with Gasteiger partial charge in [0, 0.05) is 11.7 Å². The van der Waals surface area contributed by atoms with Crippen LogP contribution in [0.5, 0.6) is 0 Å². The van der Waals surface area contributed by atoms with Crippen LogP contribution in [0.2, 0.25) is 0 Å². The zero-order valence-corrected chi connectivity index (χ0v) is 17.4. The lowest BCUT2D eigenvalue weighted by Gasteiger charge is -2.26. The number of nitrogens with one attached hydrogen (secondary N) is 1. The van der Waals surface area contributed by atoms with Gasteiger partial charge in [0.05, 0.1) is 21.8 Å². The number of sulfonamides is 1. The highest BCUT2D eigenvalue weighted by Crippen LogP contribution is 2.36. The summed E-state index contributed by atoms with van der Waals surface area (Å²) in [4.78, 5) is 31.9. The summed E-state index contributed by atoms with van der Waals surface area (Å²) in [5.41, 5.74) is 0.0694. The van der Waals surface area contributed by atoms with Crippen molar-refractivity contribution in [3.8, 4) is 0 Å². The van der Waals surface area contributed by atoms with Crippen LogP contribution in [-0.4, -0.2) is 53.1 Å². The molecule has 28 heavy (non-hydrogen) atoms. The third kappa shape index (κ3) is 3.36. The Labute approximate surface area is 167 Å². The molecular formula is C18H21N4O4S2+. The third-order valence-corrected chi connectivity index (χ3v) is 7.73. The number of hydrogen-bond acceptors (Lipinski definition) is 6. The number of hydrogen-bond donors (Lipinski definition) is 1. The van der Waals surface area contributed by atoms with E-state index in [2.05, 4.69) is 9.71 Å². The van der Waals surface area contributed by atoms with E-state index in [0.717, 1.165) is 27.6 Å². The molecule has 1 aliphatic heterocycles. The van der Waals surface area contributed by atoms with Crippen LogP contribution in [0.3, 0.4) is 0 Å². The molecule has 8 nitrogen and oxygen atoms in total. The molecule has 1 aromatic rings. The van der Waals surface area contributed by atoms with Crippen molar-refractivity contribution in [1.82, 2.24) is 14.6 Å². The molecule has 4 rings (SSSR count). The van der Waals surface area contributed by atoms with Gasteiger partial charge in [0.2, 0.25) is 10.0 Å². The smallest absolute Gasteiger partial charge is 0.250 e. The quantitative estimate of drug-likeness (QED) is 0.727. The maximum Gasteiger partial charge on any atom is 0.501 e. The van der Waals surface area contributed by atoms with Crippen LogP contribution >= 0.6 is 11.3 Å². The van der Waals surface area contributed by atoms with E-state index in [1.807, 2.05) is 13.8 Å². The van der Waals surface area contributed by atoms with E-state index in [9.17, 15) is 18.0 Å². The molecule has 3 aliphatic rings. The van der Waals surface area contributed by atoms with Gasteiger partial charge in [-0.25, -0.2) is 22.9 Å². The minimum absolute atomic E-state index is 0.0547. The maximum atomic E-state index is 13.0. The van der Waals surface area contributed by atoms with Crippen LogP contribution in [0.15, 0.2) is 29.3 Å². The van der Waals surface area contributed by atoms with Crippen molar-refractivity contribution in [2.75, 3.05) is 7.05 Å². The standard InChI is InChI=1S/C18H21N4O4S2/c1-11-19-9-12(27-11)10-22-16(23)14-8-13(4-5-15(14)21(3)17(22)24)28(25,26)20-18(2)6-7-18/h4-5,8-9,14,20H,6-7,10H2,1-3H3/q+1. The predicted octanol–water partition coefficient (Wildman–Crippen LogP) is 1.54. The Morgan fingerprint density at radius 2 is 2.07 bits per heavy atom. The van der Waals surface area contributed by atoms with Crippen molar-refractivity contribution in [3.63, 3.8) is 0 Å². The molecule has 3 amide bonds. The molecule has 1 unspecified atom stereocenters. The van der Waals surface area contributed by atoms with Crippen molar-refractivity contribution in [2.45, 2.75) is 38.8 Å². The number of carbonyl (C=O) groups is 2. The Bertz CT molecular complexity index is 1080. The van der Waals surface area contributed by atoms with Crippen molar-refractivity contribution in [2.24, 2.45) is 5.92 Å². The van der Waals surface area contributed by atoms with Crippen LogP contribution in [0.1, 0.15) is 29.7 Å².